The monoisotopic (exact) mass is 295 g/mol. The van der Waals surface area contributed by atoms with E-state index >= 15 is 0 Å². The fourth-order valence-corrected chi connectivity index (χ4v) is 4.27. The molecule has 3 heteroatoms. The minimum atomic E-state index is -0.129. The quantitative estimate of drug-likeness (QED) is 0.844. The number of hydrogen-bond acceptors (Lipinski definition) is 2. The normalized spacial score (nSPS) is 18.1. The smallest absolute Gasteiger partial charge is 0.123 e. The van der Waals surface area contributed by atoms with Crippen LogP contribution < -0.4 is 5.32 Å². The molecule has 2 rings (SSSR count). The predicted molar refractivity (Wildman–Crippen MR) is 87.0 cm³/mol. The van der Waals surface area contributed by atoms with E-state index in [-0.39, 0.29) is 5.82 Å². The van der Waals surface area contributed by atoms with Crippen LogP contribution >= 0.6 is 11.8 Å². The summed E-state index contributed by atoms with van der Waals surface area (Å²) in [6, 6.07) is 5.71. The zero-order valence-electron chi connectivity index (χ0n) is 12.6. The molecular weight excluding hydrogens is 269 g/mol. The third-order valence-corrected chi connectivity index (χ3v) is 5.27. The molecular formula is C17H26FNS. The van der Waals surface area contributed by atoms with Crippen molar-refractivity contribution in [2.24, 2.45) is 5.92 Å². The molecule has 1 heterocycles. The van der Waals surface area contributed by atoms with Crippen LogP contribution in [0.3, 0.4) is 0 Å². The summed E-state index contributed by atoms with van der Waals surface area (Å²) in [4.78, 5) is 0. The molecule has 0 amide bonds. The van der Waals surface area contributed by atoms with Crippen molar-refractivity contribution in [3.8, 4) is 0 Å². The van der Waals surface area contributed by atoms with Crippen LogP contribution in [0, 0.1) is 18.7 Å². The van der Waals surface area contributed by atoms with Gasteiger partial charge in [0.05, 0.1) is 0 Å². The molecule has 1 aromatic carbocycles. The van der Waals surface area contributed by atoms with E-state index in [0.717, 1.165) is 24.4 Å². The highest BCUT2D eigenvalue weighted by molar-refractivity contribution is 7.99. The van der Waals surface area contributed by atoms with E-state index in [9.17, 15) is 4.39 Å². The van der Waals surface area contributed by atoms with Crippen molar-refractivity contribution in [1.29, 1.82) is 0 Å². The van der Waals surface area contributed by atoms with Gasteiger partial charge in [0.15, 0.2) is 0 Å². The van der Waals surface area contributed by atoms with E-state index in [1.54, 1.807) is 12.1 Å². The van der Waals surface area contributed by atoms with Crippen LogP contribution in [-0.2, 0) is 6.42 Å². The minimum Gasteiger partial charge on any atom is -0.314 e. The first kappa shape index (κ1) is 15.8. The van der Waals surface area contributed by atoms with Gasteiger partial charge in [-0.05, 0) is 79.8 Å². The van der Waals surface area contributed by atoms with Gasteiger partial charge in [-0.25, -0.2) is 4.39 Å². The molecule has 0 aliphatic carbocycles. The number of nitrogens with one attached hydrogen (secondary N) is 1. The minimum absolute atomic E-state index is 0.129. The van der Waals surface area contributed by atoms with Gasteiger partial charge in [0.1, 0.15) is 5.82 Å². The SMILES string of the molecule is CCNC(Cc1ccc(F)cc1C)CC1CCSCC1. The van der Waals surface area contributed by atoms with Gasteiger partial charge in [-0.1, -0.05) is 13.0 Å². The highest BCUT2D eigenvalue weighted by atomic mass is 32.2. The molecule has 1 aliphatic heterocycles. The Labute approximate surface area is 126 Å². The fourth-order valence-electron chi connectivity index (χ4n) is 3.07. The summed E-state index contributed by atoms with van der Waals surface area (Å²) in [6.45, 7) is 5.19. The van der Waals surface area contributed by atoms with Crippen LogP contribution in [0.2, 0.25) is 0 Å². The first-order chi connectivity index (χ1) is 9.69. The summed E-state index contributed by atoms with van der Waals surface area (Å²) < 4.78 is 13.2. The maximum atomic E-state index is 13.2. The molecule has 0 spiro atoms. The summed E-state index contributed by atoms with van der Waals surface area (Å²) in [6.07, 6.45) is 4.98. The molecule has 0 bridgehead atoms. The fraction of sp³-hybridized carbons (Fsp3) is 0.647. The average molecular weight is 295 g/mol. The molecule has 1 N–H and O–H groups in total. The highest BCUT2D eigenvalue weighted by Gasteiger charge is 2.19. The summed E-state index contributed by atoms with van der Waals surface area (Å²) >= 11 is 2.09. The predicted octanol–water partition coefficient (Wildman–Crippen LogP) is 4.19. The summed E-state index contributed by atoms with van der Waals surface area (Å²) in [5.41, 5.74) is 2.36. The van der Waals surface area contributed by atoms with Crippen molar-refractivity contribution in [1.82, 2.24) is 5.32 Å². The lowest BCUT2D eigenvalue weighted by atomic mass is 9.90. The van der Waals surface area contributed by atoms with Crippen molar-refractivity contribution in [3.05, 3.63) is 35.1 Å². The van der Waals surface area contributed by atoms with E-state index in [4.69, 9.17) is 0 Å². The van der Waals surface area contributed by atoms with Gasteiger partial charge in [-0.2, -0.15) is 11.8 Å². The molecule has 20 heavy (non-hydrogen) atoms. The number of likely N-dealkylation sites (N-methyl/N-ethyl adjacent to an activating group) is 1. The Kier molecular flexibility index (Phi) is 6.37. The summed E-state index contributed by atoms with van der Waals surface area (Å²) in [5, 5.41) is 3.62. The van der Waals surface area contributed by atoms with E-state index in [1.165, 1.54) is 36.3 Å². The van der Waals surface area contributed by atoms with Crippen LogP contribution in [0.25, 0.3) is 0 Å². The number of halogens is 1. The van der Waals surface area contributed by atoms with Gasteiger partial charge in [0.25, 0.3) is 0 Å². The largest absolute Gasteiger partial charge is 0.314 e. The molecule has 0 aromatic heterocycles. The lowest BCUT2D eigenvalue weighted by Gasteiger charge is -2.27. The second-order valence-electron chi connectivity index (χ2n) is 5.82. The Morgan fingerprint density at radius 1 is 1.35 bits per heavy atom. The topological polar surface area (TPSA) is 12.0 Å². The van der Waals surface area contributed by atoms with Crippen LogP contribution in [0.1, 0.15) is 37.3 Å². The third-order valence-electron chi connectivity index (χ3n) is 4.22. The zero-order valence-corrected chi connectivity index (χ0v) is 13.4. The molecule has 1 aliphatic rings. The molecule has 1 aromatic rings. The first-order valence-electron chi connectivity index (χ1n) is 7.75. The van der Waals surface area contributed by atoms with E-state index < -0.39 is 0 Å². The number of benzene rings is 1. The molecule has 1 fully saturated rings. The second kappa shape index (κ2) is 8.04. The molecule has 112 valence electrons. The van der Waals surface area contributed by atoms with E-state index in [1.807, 2.05) is 13.0 Å². The lowest BCUT2D eigenvalue weighted by molar-refractivity contribution is 0.366. The third kappa shape index (κ3) is 4.78. The Morgan fingerprint density at radius 2 is 2.10 bits per heavy atom. The summed E-state index contributed by atoms with van der Waals surface area (Å²) in [7, 11) is 0. The molecule has 1 unspecified atom stereocenters. The highest BCUT2D eigenvalue weighted by Crippen LogP contribution is 2.27. The van der Waals surface area contributed by atoms with Gasteiger partial charge in [0, 0.05) is 6.04 Å². The Morgan fingerprint density at radius 3 is 2.75 bits per heavy atom. The zero-order chi connectivity index (χ0) is 14.4. The van der Waals surface area contributed by atoms with Gasteiger partial charge in [0.2, 0.25) is 0 Å². The summed E-state index contributed by atoms with van der Waals surface area (Å²) in [5.74, 6) is 3.37. The number of rotatable bonds is 6. The van der Waals surface area contributed by atoms with Crippen molar-refractivity contribution in [3.63, 3.8) is 0 Å². The molecule has 0 radical (unpaired) electrons. The van der Waals surface area contributed by atoms with Crippen LogP contribution in [-0.4, -0.2) is 24.1 Å². The van der Waals surface area contributed by atoms with E-state index in [2.05, 4.69) is 24.0 Å². The van der Waals surface area contributed by atoms with Crippen LogP contribution in [0.5, 0.6) is 0 Å². The Hall–Kier alpha value is -0.540. The van der Waals surface area contributed by atoms with Gasteiger partial charge < -0.3 is 5.32 Å². The van der Waals surface area contributed by atoms with Crippen molar-refractivity contribution in [2.75, 3.05) is 18.1 Å². The van der Waals surface area contributed by atoms with Gasteiger partial charge >= 0.3 is 0 Å². The van der Waals surface area contributed by atoms with Crippen molar-refractivity contribution in [2.45, 2.75) is 45.6 Å². The van der Waals surface area contributed by atoms with Crippen molar-refractivity contribution < 1.29 is 4.39 Å². The number of thioether (sulfide) groups is 1. The van der Waals surface area contributed by atoms with Crippen LogP contribution in [0.4, 0.5) is 4.39 Å². The molecule has 1 saturated heterocycles. The number of hydrogen-bond donors (Lipinski definition) is 1. The average Bonchev–Trinajstić information content (AvgIpc) is 2.43. The maximum Gasteiger partial charge on any atom is 0.123 e. The Bertz CT molecular complexity index is 415. The standard InChI is InChI=1S/C17H26FNS/c1-3-19-17(11-14-6-8-20-9-7-14)12-15-4-5-16(18)10-13(15)2/h4-5,10,14,17,19H,3,6-9,11-12H2,1-2H3. The van der Waals surface area contributed by atoms with Crippen molar-refractivity contribution >= 4 is 11.8 Å². The van der Waals surface area contributed by atoms with Gasteiger partial charge in [-0.3, -0.25) is 0 Å². The van der Waals surface area contributed by atoms with Gasteiger partial charge in [-0.15, -0.1) is 0 Å². The number of aryl methyl sites for hydroxylation is 1. The van der Waals surface area contributed by atoms with Crippen LogP contribution in [0.15, 0.2) is 18.2 Å². The molecule has 1 nitrogen and oxygen atoms in total. The van der Waals surface area contributed by atoms with E-state index in [0.29, 0.717) is 6.04 Å². The molecule has 0 saturated carbocycles. The lowest BCUT2D eigenvalue weighted by Crippen LogP contribution is -2.34. The maximum absolute atomic E-state index is 13.2. The first-order valence-corrected chi connectivity index (χ1v) is 8.90. The second-order valence-corrected chi connectivity index (χ2v) is 7.05. The molecule has 1 atom stereocenters. The Balaban J connectivity index is 1.96.